The van der Waals surface area contributed by atoms with Crippen molar-refractivity contribution in [1.82, 2.24) is 5.32 Å². The van der Waals surface area contributed by atoms with E-state index in [-0.39, 0.29) is 24.1 Å². The maximum Gasteiger partial charge on any atom is 0.259 e. The van der Waals surface area contributed by atoms with Crippen molar-refractivity contribution in [3.05, 3.63) is 41.5 Å². The SMILES string of the molecule is CCc1ccc2cccc3c2c1N(C1CCC(=O)NC1=O)C3=O. The molecular weight excluding hydrogens is 292 g/mol. The number of amides is 3. The molecule has 0 aromatic heterocycles. The Morgan fingerprint density at radius 2 is 2.00 bits per heavy atom. The zero-order chi connectivity index (χ0) is 16.1. The van der Waals surface area contributed by atoms with Gasteiger partial charge >= 0.3 is 0 Å². The van der Waals surface area contributed by atoms with Gasteiger partial charge in [-0.05, 0) is 29.9 Å². The minimum Gasteiger partial charge on any atom is -0.295 e. The monoisotopic (exact) mass is 308 g/mol. The molecule has 0 saturated carbocycles. The van der Waals surface area contributed by atoms with E-state index in [1.54, 1.807) is 11.0 Å². The Morgan fingerprint density at radius 1 is 1.17 bits per heavy atom. The molecule has 2 aliphatic rings. The minimum atomic E-state index is -0.622. The van der Waals surface area contributed by atoms with Crippen LogP contribution in [0.3, 0.4) is 0 Å². The van der Waals surface area contributed by atoms with Crippen LogP contribution in [0.1, 0.15) is 35.7 Å². The lowest BCUT2D eigenvalue weighted by Crippen LogP contribution is -2.53. The number of rotatable bonds is 2. The van der Waals surface area contributed by atoms with Gasteiger partial charge in [-0.3, -0.25) is 24.6 Å². The van der Waals surface area contributed by atoms with Gasteiger partial charge in [0, 0.05) is 17.4 Å². The van der Waals surface area contributed by atoms with Crippen molar-refractivity contribution in [2.24, 2.45) is 0 Å². The molecular formula is C18H16N2O3. The standard InChI is InChI=1S/C18H16N2O3/c1-2-10-6-7-11-4-3-5-12-15(11)16(10)20(18(12)23)13-8-9-14(21)19-17(13)22/h3-7,13H,2,8-9H2,1H3,(H,19,21,22). The lowest BCUT2D eigenvalue weighted by molar-refractivity contribution is -0.134. The van der Waals surface area contributed by atoms with Gasteiger partial charge in [0.05, 0.1) is 5.69 Å². The zero-order valence-electron chi connectivity index (χ0n) is 12.8. The molecule has 1 unspecified atom stereocenters. The predicted molar refractivity (Wildman–Crippen MR) is 86.3 cm³/mol. The van der Waals surface area contributed by atoms with Gasteiger partial charge < -0.3 is 0 Å². The summed E-state index contributed by atoms with van der Waals surface area (Å²) in [4.78, 5) is 38.2. The van der Waals surface area contributed by atoms with Crippen molar-refractivity contribution in [2.45, 2.75) is 32.2 Å². The van der Waals surface area contributed by atoms with Crippen LogP contribution in [0, 0.1) is 0 Å². The van der Waals surface area contributed by atoms with E-state index < -0.39 is 6.04 Å². The number of piperidine rings is 1. The normalized spacial score (nSPS) is 20.3. The number of imide groups is 1. The number of anilines is 1. The Bertz CT molecular complexity index is 872. The number of hydrogen-bond acceptors (Lipinski definition) is 3. The van der Waals surface area contributed by atoms with Crippen molar-refractivity contribution in [1.29, 1.82) is 0 Å². The van der Waals surface area contributed by atoms with E-state index in [0.29, 0.717) is 12.0 Å². The maximum absolute atomic E-state index is 12.9. The van der Waals surface area contributed by atoms with Gasteiger partial charge in [-0.15, -0.1) is 0 Å². The first-order chi connectivity index (χ1) is 11.1. The van der Waals surface area contributed by atoms with Gasteiger partial charge in [-0.2, -0.15) is 0 Å². The largest absolute Gasteiger partial charge is 0.295 e. The molecule has 0 aliphatic carbocycles. The number of carbonyl (C=O) groups is 3. The molecule has 0 bridgehead atoms. The van der Waals surface area contributed by atoms with Crippen LogP contribution in [0.15, 0.2) is 30.3 Å². The number of nitrogens with zero attached hydrogens (tertiary/aromatic N) is 1. The zero-order valence-corrected chi connectivity index (χ0v) is 12.8. The molecule has 1 N–H and O–H groups in total. The van der Waals surface area contributed by atoms with Gasteiger partial charge in [-0.1, -0.05) is 31.2 Å². The fraction of sp³-hybridized carbons (Fsp3) is 0.278. The van der Waals surface area contributed by atoms with Crippen LogP contribution >= 0.6 is 0 Å². The van der Waals surface area contributed by atoms with Gasteiger partial charge in [0.15, 0.2) is 0 Å². The van der Waals surface area contributed by atoms with E-state index in [2.05, 4.69) is 5.32 Å². The molecule has 1 atom stereocenters. The summed E-state index contributed by atoms with van der Waals surface area (Å²) in [7, 11) is 0. The summed E-state index contributed by atoms with van der Waals surface area (Å²) in [5.41, 5.74) is 2.51. The minimum absolute atomic E-state index is 0.152. The Balaban J connectivity index is 1.92. The molecule has 23 heavy (non-hydrogen) atoms. The van der Waals surface area contributed by atoms with E-state index >= 15 is 0 Å². The van der Waals surface area contributed by atoms with Gasteiger partial charge in [0.1, 0.15) is 6.04 Å². The van der Waals surface area contributed by atoms with Gasteiger partial charge in [-0.25, -0.2) is 0 Å². The molecule has 1 fully saturated rings. The number of aryl methyl sites for hydroxylation is 1. The van der Waals surface area contributed by atoms with E-state index in [9.17, 15) is 14.4 Å². The first-order valence-electron chi connectivity index (χ1n) is 7.83. The molecule has 116 valence electrons. The third kappa shape index (κ3) is 1.89. The molecule has 5 heteroatoms. The highest BCUT2D eigenvalue weighted by Gasteiger charge is 2.41. The number of hydrogen-bond donors (Lipinski definition) is 1. The van der Waals surface area contributed by atoms with Crippen molar-refractivity contribution < 1.29 is 14.4 Å². The Labute approximate surface area is 133 Å². The van der Waals surface area contributed by atoms with Crippen LogP contribution in [0.25, 0.3) is 10.8 Å². The molecule has 2 aliphatic heterocycles. The maximum atomic E-state index is 12.9. The fourth-order valence-corrected chi connectivity index (χ4v) is 3.60. The highest BCUT2D eigenvalue weighted by Crippen LogP contribution is 2.42. The Kier molecular flexibility index (Phi) is 2.98. The predicted octanol–water partition coefficient (Wildman–Crippen LogP) is 2.17. The smallest absolute Gasteiger partial charge is 0.259 e. The quantitative estimate of drug-likeness (QED) is 0.865. The second kappa shape index (κ2) is 4.91. The molecule has 1 saturated heterocycles. The molecule has 2 aromatic carbocycles. The summed E-state index contributed by atoms with van der Waals surface area (Å²) in [6.07, 6.45) is 1.40. The molecule has 0 spiro atoms. The molecule has 5 nitrogen and oxygen atoms in total. The molecule has 4 rings (SSSR count). The molecule has 0 radical (unpaired) electrons. The third-order valence-corrected chi connectivity index (χ3v) is 4.69. The van der Waals surface area contributed by atoms with Crippen LogP contribution in [0.5, 0.6) is 0 Å². The van der Waals surface area contributed by atoms with Crippen LogP contribution in [0.4, 0.5) is 5.69 Å². The van der Waals surface area contributed by atoms with Crippen molar-refractivity contribution in [3.8, 4) is 0 Å². The van der Waals surface area contributed by atoms with Crippen molar-refractivity contribution in [3.63, 3.8) is 0 Å². The molecule has 2 aromatic rings. The third-order valence-electron chi connectivity index (χ3n) is 4.69. The van der Waals surface area contributed by atoms with E-state index in [4.69, 9.17) is 0 Å². The summed E-state index contributed by atoms with van der Waals surface area (Å²) in [5, 5.41) is 4.27. The second-order valence-electron chi connectivity index (χ2n) is 5.97. The second-order valence-corrected chi connectivity index (χ2v) is 5.97. The number of carbonyl (C=O) groups excluding carboxylic acids is 3. The van der Waals surface area contributed by atoms with Crippen LogP contribution in [-0.4, -0.2) is 23.8 Å². The van der Waals surface area contributed by atoms with Crippen LogP contribution in [-0.2, 0) is 16.0 Å². The van der Waals surface area contributed by atoms with Gasteiger partial charge in [0.25, 0.3) is 5.91 Å². The van der Waals surface area contributed by atoms with E-state index in [1.807, 2.05) is 31.2 Å². The summed E-state index contributed by atoms with van der Waals surface area (Å²) in [6.45, 7) is 2.03. The Hall–Kier alpha value is -2.69. The van der Waals surface area contributed by atoms with E-state index in [0.717, 1.165) is 28.4 Å². The summed E-state index contributed by atoms with van der Waals surface area (Å²) in [6, 6.07) is 9.05. The summed E-state index contributed by atoms with van der Waals surface area (Å²) in [5.74, 6) is -0.813. The average Bonchev–Trinajstić information content (AvgIpc) is 2.84. The van der Waals surface area contributed by atoms with Crippen molar-refractivity contribution >= 4 is 34.2 Å². The van der Waals surface area contributed by atoms with Crippen molar-refractivity contribution in [2.75, 3.05) is 4.90 Å². The first-order valence-corrected chi connectivity index (χ1v) is 7.83. The lowest BCUT2D eigenvalue weighted by Gasteiger charge is -2.31. The number of nitrogens with one attached hydrogen (secondary N) is 1. The summed E-state index contributed by atoms with van der Waals surface area (Å²) < 4.78 is 0. The highest BCUT2D eigenvalue weighted by molar-refractivity contribution is 6.27. The van der Waals surface area contributed by atoms with Gasteiger partial charge in [0.2, 0.25) is 11.8 Å². The summed E-state index contributed by atoms with van der Waals surface area (Å²) >= 11 is 0. The fourth-order valence-electron chi connectivity index (χ4n) is 3.60. The first kappa shape index (κ1) is 13.9. The topological polar surface area (TPSA) is 66.5 Å². The van der Waals surface area contributed by atoms with Crippen LogP contribution < -0.4 is 10.2 Å². The average molecular weight is 308 g/mol. The Morgan fingerprint density at radius 3 is 2.74 bits per heavy atom. The number of benzene rings is 2. The lowest BCUT2D eigenvalue weighted by atomic mass is 9.99. The van der Waals surface area contributed by atoms with Crippen LogP contribution in [0.2, 0.25) is 0 Å². The highest BCUT2D eigenvalue weighted by atomic mass is 16.2. The molecule has 3 amide bonds. The van der Waals surface area contributed by atoms with E-state index in [1.165, 1.54) is 0 Å². The molecule has 2 heterocycles.